The van der Waals surface area contributed by atoms with Crippen LogP contribution in [0.3, 0.4) is 0 Å². The third-order valence-corrected chi connectivity index (χ3v) is 6.36. The van der Waals surface area contributed by atoms with Crippen LogP contribution in [0.15, 0.2) is 106 Å². The van der Waals surface area contributed by atoms with E-state index in [4.69, 9.17) is 0 Å². The van der Waals surface area contributed by atoms with Crippen LogP contribution in [0.4, 0.5) is 0 Å². The van der Waals surface area contributed by atoms with Crippen molar-refractivity contribution in [1.29, 1.82) is 0 Å². The lowest BCUT2D eigenvalue weighted by Gasteiger charge is -2.12. The average molecular weight is 481 g/mol. The van der Waals surface area contributed by atoms with E-state index in [-0.39, 0.29) is 23.0 Å². The van der Waals surface area contributed by atoms with Gasteiger partial charge in [0.25, 0.3) is 11.5 Å². The summed E-state index contributed by atoms with van der Waals surface area (Å²) in [4.78, 5) is 30.4. The van der Waals surface area contributed by atoms with Gasteiger partial charge in [-0.3, -0.25) is 14.2 Å². The zero-order valence-electron chi connectivity index (χ0n) is 18.5. The lowest BCUT2D eigenvalue weighted by atomic mass is 10.0. The molecule has 172 valence electrons. The Morgan fingerprint density at radius 3 is 2.49 bits per heavy atom. The fourth-order valence-corrected chi connectivity index (χ4v) is 4.57. The molecule has 0 spiro atoms. The molecule has 1 amide bonds. The number of hydrogen-bond acceptors (Lipinski definition) is 6. The van der Waals surface area contributed by atoms with Crippen molar-refractivity contribution in [3.05, 3.63) is 107 Å². The van der Waals surface area contributed by atoms with Crippen LogP contribution < -0.4 is 11.0 Å². The van der Waals surface area contributed by atoms with Crippen LogP contribution in [-0.4, -0.2) is 32.5 Å². The van der Waals surface area contributed by atoms with Gasteiger partial charge in [-0.2, -0.15) is 5.10 Å². The zero-order chi connectivity index (χ0) is 24.2. The molecule has 0 aliphatic rings. The molecule has 0 saturated heterocycles. The third kappa shape index (κ3) is 4.64. The van der Waals surface area contributed by atoms with E-state index in [0.717, 1.165) is 22.5 Å². The van der Waals surface area contributed by atoms with Gasteiger partial charge in [-0.25, -0.2) is 10.4 Å². The van der Waals surface area contributed by atoms with E-state index in [1.54, 1.807) is 24.3 Å². The molecule has 5 rings (SSSR count). The molecule has 35 heavy (non-hydrogen) atoms. The monoisotopic (exact) mass is 480 g/mol. The van der Waals surface area contributed by atoms with E-state index in [1.165, 1.54) is 10.8 Å². The van der Waals surface area contributed by atoms with E-state index in [2.05, 4.69) is 15.5 Å². The molecule has 7 nitrogen and oxygen atoms in total. The smallest absolute Gasteiger partial charge is 0.266 e. The number of aromatic hydroxyl groups is 1. The number of carbonyl (C=O) groups excluding carboxylic acids is 1. The Balaban J connectivity index is 1.37. The predicted molar refractivity (Wildman–Crippen MR) is 139 cm³/mol. The van der Waals surface area contributed by atoms with Crippen LogP contribution >= 0.6 is 11.8 Å². The number of aromatic nitrogens is 2. The SMILES string of the molecule is O=C(CSc1nc2ccccc2c(=O)n1-c1ccccc1)N/N=C\c1c(O)ccc2ccccc12. The van der Waals surface area contributed by atoms with Crippen molar-refractivity contribution in [3.63, 3.8) is 0 Å². The molecule has 0 saturated carbocycles. The maximum absolute atomic E-state index is 13.2. The highest BCUT2D eigenvalue weighted by molar-refractivity contribution is 7.99. The summed E-state index contributed by atoms with van der Waals surface area (Å²) in [5.74, 6) is -0.299. The minimum absolute atomic E-state index is 0.00350. The minimum atomic E-state index is -0.368. The highest BCUT2D eigenvalue weighted by Gasteiger charge is 2.14. The van der Waals surface area contributed by atoms with Crippen molar-refractivity contribution in [2.75, 3.05) is 5.75 Å². The molecule has 0 fully saturated rings. The Kier molecular flexibility index (Phi) is 6.28. The quantitative estimate of drug-likeness (QED) is 0.162. The second kappa shape index (κ2) is 9.82. The van der Waals surface area contributed by atoms with E-state index < -0.39 is 0 Å². The van der Waals surface area contributed by atoms with Gasteiger partial charge in [0.15, 0.2) is 5.16 Å². The number of nitrogens with zero attached hydrogens (tertiary/aromatic N) is 3. The molecule has 0 aliphatic heterocycles. The number of nitrogens with one attached hydrogen (secondary N) is 1. The fourth-order valence-electron chi connectivity index (χ4n) is 3.76. The third-order valence-electron chi connectivity index (χ3n) is 5.42. The van der Waals surface area contributed by atoms with Crippen molar-refractivity contribution in [1.82, 2.24) is 15.0 Å². The Morgan fingerprint density at radius 1 is 0.943 bits per heavy atom. The number of amides is 1. The van der Waals surface area contributed by atoms with Gasteiger partial charge in [0.1, 0.15) is 5.75 Å². The van der Waals surface area contributed by atoms with Crippen molar-refractivity contribution in [2.45, 2.75) is 5.16 Å². The normalized spacial score (nSPS) is 11.3. The van der Waals surface area contributed by atoms with Crippen LogP contribution in [0.25, 0.3) is 27.4 Å². The van der Waals surface area contributed by atoms with Gasteiger partial charge in [-0.05, 0) is 41.1 Å². The molecule has 0 unspecified atom stereocenters. The number of fused-ring (bicyclic) bond motifs is 2. The van der Waals surface area contributed by atoms with E-state index in [9.17, 15) is 14.7 Å². The Bertz CT molecular complexity index is 1630. The van der Waals surface area contributed by atoms with Crippen LogP contribution in [0, 0.1) is 0 Å². The molecule has 0 radical (unpaired) electrons. The first-order valence-electron chi connectivity index (χ1n) is 10.8. The summed E-state index contributed by atoms with van der Waals surface area (Å²) in [6.45, 7) is 0. The number of phenols is 1. The van der Waals surface area contributed by atoms with Gasteiger partial charge in [0.2, 0.25) is 0 Å². The zero-order valence-corrected chi connectivity index (χ0v) is 19.3. The summed E-state index contributed by atoms with van der Waals surface area (Å²) >= 11 is 1.15. The number of rotatable bonds is 6. The van der Waals surface area contributed by atoms with Crippen molar-refractivity contribution < 1.29 is 9.90 Å². The molecule has 5 aromatic rings. The number of thioether (sulfide) groups is 1. The standard InChI is InChI=1S/C27H20N4O3S/c32-24-15-14-18-8-4-5-11-20(18)22(24)16-28-30-25(33)17-35-27-29-23-13-7-6-12-21(23)26(34)31(27)19-9-2-1-3-10-19/h1-16,32H,17H2,(H,30,33)/b28-16-. The number of hydrazone groups is 1. The molecule has 8 heteroatoms. The molecule has 0 aliphatic carbocycles. The number of hydrogen-bond donors (Lipinski definition) is 2. The number of benzene rings is 4. The highest BCUT2D eigenvalue weighted by atomic mass is 32.2. The first kappa shape index (κ1) is 22.4. The molecule has 1 heterocycles. The van der Waals surface area contributed by atoms with Crippen LogP contribution in [0.1, 0.15) is 5.56 Å². The highest BCUT2D eigenvalue weighted by Crippen LogP contribution is 2.25. The summed E-state index contributed by atoms with van der Waals surface area (Å²) < 4.78 is 1.51. The Hall–Kier alpha value is -4.43. The predicted octanol–water partition coefficient (Wildman–Crippen LogP) is 4.49. The molecular formula is C27H20N4O3S. The number of carbonyl (C=O) groups is 1. The van der Waals surface area contributed by atoms with Crippen molar-refractivity contribution in [2.24, 2.45) is 5.10 Å². The minimum Gasteiger partial charge on any atom is -0.507 e. The number of phenolic OH excluding ortho intramolecular Hbond substituents is 1. The van der Waals surface area contributed by atoms with Crippen LogP contribution in [0.2, 0.25) is 0 Å². The van der Waals surface area contributed by atoms with Crippen molar-refractivity contribution in [3.8, 4) is 11.4 Å². The van der Waals surface area contributed by atoms with Gasteiger partial charge >= 0.3 is 0 Å². The van der Waals surface area contributed by atoms with Gasteiger partial charge in [-0.1, -0.05) is 72.4 Å². The van der Waals surface area contributed by atoms with Gasteiger partial charge in [0.05, 0.1) is 28.6 Å². The first-order chi connectivity index (χ1) is 17.1. The summed E-state index contributed by atoms with van der Waals surface area (Å²) in [7, 11) is 0. The van der Waals surface area contributed by atoms with E-state index in [1.807, 2.05) is 66.7 Å². The van der Waals surface area contributed by atoms with Gasteiger partial charge < -0.3 is 5.11 Å². The van der Waals surface area contributed by atoms with Gasteiger partial charge in [-0.15, -0.1) is 0 Å². The molecular weight excluding hydrogens is 460 g/mol. The maximum Gasteiger partial charge on any atom is 0.266 e. The van der Waals surface area contributed by atoms with Crippen molar-refractivity contribution >= 4 is 45.6 Å². The lowest BCUT2D eigenvalue weighted by molar-refractivity contribution is -0.118. The Morgan fingerprint density at radius 2 is 1.66 bits per heavy atom. The summed E-state index contributed by atoms with van der Waals surface area (Å²) in [6.07, 6.45) is 1.43. The molecule has 0 bridgehead atoms. The largest absolute Gasteiger partial charge is 0.507 e. The molecule has 4 aromatic carbocycles. The summed E-state index contributed by atoms with van der Waals surface area (Å²) in [5.41, 5.74) is 4.04. The topological polar surface area (TPSA) is 96.6 Å². The number of para-hydroxylation sites is 2. The van der Waals surface area contributed by atoms with Crippen LogP contribution in [-0.2, 0) is 4.79 Å². The average Bonchev–Trinajstić information content (AvgIpc) is 2.89. The van der Waals surface area contributed by atoms with Gasteiger partial charge in [0, 0.05) is 5.56 Å². The molecule has 0 atom stereocenters. The molecule has 1 aromatic heterocycles. The summed E-state index contributed by atoms with van der Waals surface area (Å²) in [5, 5.41) is 16.9. The van der Waals surface area contributed by atoms with Crippen LogP contribution in [0.5, 0.6) is 5.75 Å². The van der Waals surface area contributed by atoms with E-state index in [0.29, 0.717) is 27.3 Å². The molecule has 2 N–H and O–H groups in total. The van der Waals surface area contributed by atoms with E-state index >= 15 is 0 Å². The lowest BCUT2D eigenvalue weighted by Crippen LogP contribution is -2.24. The maximum atomic E-state index is 13.2. The Labute approximate surface area is 204 Å². The first-order valence-corrected chi connectivity index (χ1v) is 11.8. The second-order valence-corrected chi connectivity index (χ2v) is 8.63. The fraction of sp³-hybridized carbons (Fsp3) is 0.0370. The summed E-state index contributed by atoms with van der Waals surface area (Å²) in [6, 6.07) is 27.3. The second-order valence-electron chi connectivity index (χ2n) is 7.69.